The Labute approximate surface area is 194 Å². The van der Waals surface area contributed by atoms with Crippen LogP contribution in [0, 0.1) is 6.92 Å². The van der Waals surface area contributed by atoms with Gasteiger partial charge in [0.05, 0.1) is 23.1 Å². The third-order valence-corrected chi connectivity index (χ3v) is 5.93. The summed E-state index contributed by atoms with van der Waals surface area (Å²) in [6.45, 7) is 3.69. The third kappa shape index (κ3) is 4.46. The molecule has 1 aliphatic rings. The van der Waals surface area contributed by atoms with Crippen LogP contribution in [-0.2, 0) is 26.2 Å². The van der Waals surface area contributed by atoms with Gasteiger partial charge in [-0.15, -0.1) is 0 Å². The average Bonchev–Trinajstić information content (AvgIpc) is 3.31. The molecule has 2 amide bonds. The number of carbonyl (C=O) groups excluding carboxylic acids is 2. The van der Waals surface area contributed by atoms with Crippen LogP contribution in [0.3, 0.4) is 0 Å². The van der Waals surface area contributed by atoms with Gasteiger partial charge < -0.3 is 35.3 Å². The van der Waals surface area contributed by atoms with Crippen LogP contribution in [0.2, 0.25) is 5.02 Å². The van der Waals surface area contributed by atoms with Crippen LogP contribution in [-0.4, -0.2) is 74.4 Å². The summed E-state index contributed by atoms with van der Waals surface area (Å²) >= 11 is 6.19. The number of ether oxygens (including phenoxy) is 1. The number of hydrogen-bond acceptors (Lipinski definition) is 7. The second kappa shape index (κ2) is 8.91. The number of aliphatic hydroxyl groups is 1. The van der Waals surface area contributed by atoms with Crippen LogP contribution in [0.5, 0.6) is 5.75 Å². The molecule has 1 aromatic heterocycles. The summed E-state index contributed by atoms with van der Waals surface area (Å²) in [5.41, 5.74) is 0.272. The number of aliphatic carboxylic acids is 1. The van der Waals surface area contributed by atoms with Crippen LogP contribution in [0.1, 0.15) is 25.0 Å². The van der Waals surface area contributed by atoms with Crippen LogP contribution in [0.25, 0.3) is 10.9 Å². The molecule has 0 fully saturated rings. The van der Waals surface area contributed by atoms with Crippen molar-refractivity contribution in [1.29, 1.82) is 0 Å². The van der Waals surface area contributed by atoms with E-state index in [0.717, 1.165) is 0 Å². The third-order valence-electron chi connectivity index (χ3n) is 5.54. The Kier molecular flexibility index (Phi) is 6.57. The van der Waals surface area contributed by atoms with Crippen molar-refractivity contribution >= 4 is 46.2 Å². The van der Waals surface area contributed by atoms with Crippen molar-refractivity contribution in [3.63, 3.8) is 0 Å². The minimum atomic E-state index is -1.48. The molecular formula is C21H25ClN4O7. The van der Waals surface area contributed by atoms with E-state index in [2.05, 4.69) is 15.6 Å². The van der Waals surface area contributed by atoms with E-state index in [1.54, 1.807) is 30.8 Å². The maximum atomic E-state index is 12.9. The highest BCUT2D eigenvalue weighted by Gasteiger charge is 2.41. The minimum absolute atomic E-state index is 0.0142. The molecule has 0 bridgehead atoms. The molecule has 2 heterocycles. The predicted octanol–water partition coefficient (Wildman–Crippen LogP) is 0.448. The molecule has 33 heavy (non-hydrogen) atoms. The Balaban J connectivity index is 1.83. The molecule has 2 aromatic rings. The number of aliphatic hydroxyl groups excluding tert-OH is 1. The summed E-state index contributed by atoms with van der Waals surface area (Å²) in [5.74, 6) is -2.65. The molecule has 3 rings (SSSR count). The molecule has 0 radical (unpaired) electrons. The number of nitrogens with zero attached hydrogens (tertiary/aromatic N) is 2. The molecule has 3 unspecified atom stereocenters. The lowest BCUT2D eigenvalue weighted by Gasteiger charge is -2.22. The summed E-state index contributed by atoms with van der Waals surface area (Å²) in [6.07, 6.45) is 1.71. The maximum absolute atomic E-state index is 12.9. The summed E-state index contributed by atoms with van der Waals surface area (Å²) in [5, 5.41) is 34.2. The van der Waals surface area contributed by atoms with E-state index in [0.29, 0.717) is 27.1 Å². The van der Waals surface area contributed by atoms with Gasteiger partial charge in [0.1, 0.15) is 24.4 Å². The smallest absolute Gasteiger partial charge is 0.328 e. The zero-order valence-electron chi connectivity index (χ0n) is 18.5. The van der Waals surface area contributed by atoms with Crippen molar-refractivity contribution < 1.29 is 34.4 Å². The molecule has 0 saturated carbocycles. The quantitative estimate of drug-likeness (QED) is 0.384. The van der Waals surface area contributed by atoms with E-state index < -0.39 is 42.0 Å². The maximum Gasteiger partial charge on any atom is 0.328 e. The number of phenols is 1. The van der Waals surface area contributed by atoms with E-state index in [9.17, 15) is 19.5 Å². The number of phenolic OH excluding ortho intramolecular Hbond substituents is 1. The van der Waals surface area contributed by atoms with Crippen LogP contribution < -0.4 is 10.6 Å². The Bertz CT molecular complexity index is 1180. The van der Waals surface area contributed by atoms with Crippen molar-refractivity contribution in [2.75, 3.05) is 13.2 Å². The molecule has 12 heteroatoms. The molecule has 3 atom stereocenters. The number of aliphatic imine (C=N–C) groups is 1. The van der Waals surface area contributed by atoms with Gasteiger partial charge >= 0.3 is 5.97 Å². The molecule has 0 aliphatic carbocycles. The standard InChI is InChI=1S/C21H25ClN4O7/c1-9-12(22)5-14-15(16(9)28)11(6-26(14)4)18-25-21(3,8-33-18)20(32)23-10(2)17(29)24-13(7-27)19(30)31/h5-6,10,13,27-28H,7-8H2,1-4H3,(H,23,32)(H,24,29)(H,30,31). The molecule has 1 aliphatic heterocycles. The topological polar surface area (TPSA) is 162 Å². The van der Waals surface area contributed by atoms with Gasteiger partial charge in [-0.05, 0) is 26.8 Å². The van der Waals surface area contributed by atoms with E-state index >= 15 is 0 Å². The van der Waals surface area contributed by atoms with Gasteiger partial charge in [0, 0.05) is 23.8 Å². The Morgan fingerprint density at radius 2 is 2.03 bits per heavy atom. The van der Waals surface area contributed by atoms with Gasteiger partial charge in [-0.1, -0.05) is 11.6 Å². The first kappa shape index (κ1) is 24.3. The molecule has 11 nitrogen and oxygen atoms in total. The van der Waals surface area contributed by atoms with Crippen molar-refractivity contribution in [2.45, 2.75) is 38.4 Å². The SMILES string of the molecule is Cc1c(Cl)cc2c(c(C3=NC(C)(C(=O)NC(C)C(=O)NC(CO)C(=O)O)CO3)cn2C)c1O. The summed E-state index contributed by atoms with van der Waals surface area (Å²) in [6, 6.07) is -0.857. The average molecular weight is 481 g/mol. The number of hydrogen-bond donors (Lipinski definition) is 5. The van der Waals surface area contributed by atoms with Crippen molar-refractivity contribution in [3.05, 3.63) is 28.4 Å². The number of carboxylic acids is 1. The van der Waals surface area contributed by atoms with Gasteiger partial charge in [-0.25, -0.2) is 9.79 Å². The van der Waals surface area contributed by atoms with Crippen molar-refractivity contribution in [2.24, 2.45) is 12.0 Å². The molecular weight excluding hydrogens is 456 g/mol. The van der Waals surface area contributed by atoms with E-state index in [1.165, 1.54) is 13.8 Å². The van der Waals surface area contributed by atoms with Gasteiger partial charge in [-0.2, -0.15) is 0 Å². The first-order chi connectivity index (χ1) is 15.4. The minimum Gasteiger partial charge on any atom is -0.507 e. The van der Waals surface area contributed by atoms with Gasteiger partial charge in [0.15, 0.2) is 5.54 Å². The lowest BCUT2D eigenvalue weighted by molar-refractivity contribution is -0.143. The van der Waals surface area contributed by atoms with Gasteiger partial charge in [-0.3, -0.25) is 9.59 Å². The van der Waals surface area contributed by atoms with E-state index in [4.69, 9.17) is 26.6 Å². The fraction of sp³-hybridized carbons (Fsp3) is 0.429. The number of carbonyl (C=O) groups is 3. The molecule has 1 aromatic carbocycles. The zero-order chi connectivity index (χ0) is 24.7. The van der Waals surface area contributed by atoms with Gasteiger partial charge in [0.2, 0.25) is 11.8 Å². The second-order valence-corrected chi connectivity index (χ2v) is 8.54. The largest absolute Gasteiger partial charge is 0.507 e. The Hall–Kier alpha value is -3.31. The molecule has 0 spiro atoms. The summed E-state index contributed by atoms with van der Waals surface area (Å²) in [4.78, 5) is 40.5. The predicted molar refractivity (Wildman–Crippen MR) is 119 cm³/mol. The highest BCUT2D eigenvalue weighted by atomic mass is 35.5. The highest BCUT2D eigenvalue weighted by molar-refractivity contribution is 6.32. The number of carboxylic acid groups (broad SMARTS) is 1. The molecule has 0 saturated heterocycles. The number of amides is 2. The lowest BCUT2D eigenvalue weighted by atomic mass is 10.0. The summed E-state index contributed by atoms with van der Waals surface area (Å²) < 4.78 is 7.45. The number of aromatic nitrogens is 1. The highest BCUT2D eigenvalue weighted by Crippen LogP contribution is 2.38. The first-order valence-electron chi connectivity index (χ1n) is 10.0. The Morgan fingerprint density at radius 1 is 1.36 bits per heavy atom. The lowest BCUT2D eigenvalue weighted by Crippen LogP contribution is -2.55. The van der Waals surface area contributed by atoms with Crippen LogP contribution in [0.4, 0.5) is 0 Å². The number of aromatic hydroxyl groups is 1. The second-order valence-electron chi connectivity index (χ2n) is 8.14. The molecule has 5 N–H and O–H groups in total. The summed E-state index contributed by atoms with van der Waals surface area (Å²) in [7, 11) is 1.77. The fourth-order valence-corrected chi connectivity index (χ4v) is 3.60. The normalized spacial score (nSPS) is 19.5. The Morgan fingerprint density at radius 3 is 2.64 bits per heavy atom. The zero-order valence-corrected chi connectivity index (χ0v) is 19.2. The first-order valence-corrected chi connectivity index (χ1v) is 10.4. The number of benzene rings is 1. The van der Waals surface area contributed by atoms with Gasteiger partial charge in [0.25, 0.3) is 5.91 Å². The van der Waals surface area contributed by atoms with Crippen LogP contribution in [0.15, 0.2) is 17.3 Å². The number of halogens is 1. The van der Waals surface area contributed by atoms with E-state index in [1.807, 2.05) is 0 Å². The van der Waals surface area contributed by atoms with Crippen molar-refractivity contribution in [1.82, 2.24) is 15.2 Å². The van der Waals surface area contributed by atoms with Crippen molar-refractivity contribution in [3.8, 4) is 5.75 Å². The number of rotatable bonds is 7. The number of nitrogens with one attached hydrogen (secondary N) is 2. The van der Waals surface area contributed by atoms with Crippen LogP contribution >= 0.6 is 11.6 Å². The monoisotopic (exact) mass is 480 g/mol. The molecule has 178 valence electrons. The number of aryl methyl sites for hydroxylation is 1. The van der Waals surface area contributed by atoms with E-state index in [-0.39, 0.29) is 18.3 Å². The number of fused-ring (bicyclic) bond motifs is 1. The fourth-order valence-electron chi connectivity index (χ4n) is 3.41.